The van der Waals surface area contributed by atoms with Crippen molar-refractivity contribution >= 4 is 22.7 Å². The molecule has 120 valence electrons. The van der Waals surface area contributed by atoms with Crippen LogP contribution in [-0.2, 0) is 4.74 Å². The van der Waals surface area contributed by atoms with Gasteiger partial charge in [-0.2, -0.15) is 0 Å². The first-order chi connectivity index (χ1) is 11.5. The number of ketones is 1. The van der Waals surface area contributed by atoms with Crippen LogP contribution in [0.2, 0.25) is 0 Å². The molecule has 0 saturated carbocycles. The van der Waals surface area contributed by atoms with E-state index in [0.29, 0.717) is 16.5 Å². The van der Waals surface area contributed by atoms with Crippen LogP contribution in [0.1, 0.15) is 32.0 Å². The summed E-state index contributed by atoms with van der Waals surface area (Å²) in [7, 11) is 1.21. The van der Waals surface area contributed by atoms with Gasteiger partial charge in [0, 0.05) is 16.5 Å². The van der Waals surface area contributed by atoms with Crippen molar-refractivity contribution in [1.82, 2.24) is 4.98 Å². The zero-order valence-electron chi connectivity index (χ0n) is 13.3. The highest BCUT2D eigenvalue weighted by Gasteiger charge is 2.24. The fourth-order valence-corrected chi connectivity index (χ4v) is 2.61. The summed E-state index contributed by atoms with van der Waals surface area (Å²) in [5.41, 5.74) is 0.883. The number of fused-ring (bicyclic) bond motifs is 1. The fourth-order valence-electron chi connectivity index (χ4n) is 2.61. The van der Waals surface area contributed by atoms with Crippen LogP contribution in [0.3, 0.4) is 0 Å². The first-order valence-corrected chi connectivity index (χ1v) is 7.37. The highest BCUT2D eigenvalue weighted by molar-refractivity contribution is 6.15. The molecule has 0 amide bonds. The minimum absolute atomic E-state index is 0.132. The molecule has 0 spiro atoms. The second-order valence-electron chi connectivity index (χ2n) is 5.44. The van der Waals surface area contributed by atoms with Crippen molar-refractivity contribution < 1.29 is 14.3 Å². The van der Waals surface area contributed by atoms with E-state index in [-0.39, 0.29) is 11.3 Å². The summed E-state index contributed by atoms with van der Waals surface area (Å²) in [6, 6.07) is 13.6. The number of aromatic nitrogens is 1. The number of benzene rings is 2. The molecule has 0 aliphatic rings. The third kappa shape index (κ3) is 2.60. The van der Waals surface area contributed by atoms with Gasteiger partial charge in [0.15, 0.2) is 5.78 Å². The van der Waals surface area contributed by atoms with Gasteiger partial charge in [-0.15, -0.1) is 0 Å². The first kappa shape index (κ1) is 15.7. The summed E-state index contributed by atoms with van der Waals surface area (Å²) in [6.45, 7) is 1.85. The smallest absolute Gasteiger partial charge is 0.355 e. The number of esters is 1. The first-order valence-electron chi connectivity index (χ1n) is 7.37. The monoisotopic (exact) mass is 321 g/mol. The molecule has 5 nitrogen and oxygen atoms in total. The van der Waals surface area contributed by atoms with Crippen molar-refractivity contribution in [2.24, 2.45) is 0 Å². The normalized spacial score (nSPS) is 10.6. The van der Waals surface area contributed by atoms with Crippen LogP contribution in [0.25, 0.3) is 10.9 Å². The SMILES string of the molecule is COC(=O)c1[nH]c2ccc(C)cc2c(=O)c1C(=O)c1ccccc1. The molecule has 0 bridgehead atoms. The second kappa shape index (κ2) is 6.12. The summed E-state index contributed by atoms with van der Waals surface area (Å²) >= 11 is 0. The zero-order valence-corrected chi connectivity index (χ0v) is 13.3. The fraction of sp³-hybridized carbons (Fsp3) is 0.105. The number of nitrogens with one attached hydrogen (secondary N) is 1. The molecule has 3 rings (SSSR count). The lowest BCUT2D eigenvalue weighted by Crippen LogP contribution is -2.24. The molecule has 1 heterocycles. The van der Waals surface area contributed by atoms with Crippen LogP contribution < -0.4 is 5.43 Å². The number of rotatable bonds is 3. The van der Waals surface area contributed by atoms with Crippen molar-refractivity contribution in [3.05, 3.63) is 81.1 Å². The minimum Gasteiger partial charge on any atom is -0.464 e. The maximum Gasteiger partial charge on any atom is 0.355 e. The predicted molar refractivity (Wildman–Crippen MR) is 90.5 cm³/mol. The van der Waals surface area contributed by atoms with E-state index in [2.05, 4.69) is 4.98 Å². The lowest BCUT2D eigenvalue weighted by Gasteiger charge is -2.10. The lowest BCUT2D eigenvalue weighted by atomic mass is 9.98. The third-order valence-electron chi connectivity index (χ3n) is 3.81. The summed E-state index contributed by atoms with van der Waals surface area (Å²) in [5, 5.41) is 0.363. The van der Waals surface area contributed by atoms with E-state index in [4.69, 9.17) is 4.74 Å². The molecule has 2 aromatic carbocycles. The molecular formula is C19H15NO4. The molecule has 0 atom stereocenters. The third-order valence-corrected chi connectivity index (χ3v) is 3.81. The second-order valence-corrected chi connectivity index (χ2v) is 5.44. The lowest BCUT2D eigenvalue weighted by molar-refractivity contribution is 0.0591. The van der Waals surface area contributed by atoms with Crippen LogP contribution in [0.5, 0.6) is 0 Å². The Morgan fingerprint density at radius 1 is 1.04 bits per heavy atom. The molecule has 0 fully saturated rings. The zero-order chi connectivity index (χ0) is 17.3. The topological polar surface area (TPSA) is 76.2 Å². The van der Waals surface area contributed by atoms with Crippen LogP contribution >= 0.6 is 0 Å². The molecule has 1 N–H and O–H groups in total. The standard InChI is InChI=1S/C19H15NO4/c1-11-8-9-14-13(10-11)18(22)15(16(20-14)19(23)24-2)17(21)12-6-4-3-5-7-12/h3-10H,1-2H3,(H,20,22). The van der Waals surface area contributed by atoms with Gasteiger partial charge in [0.2, 0.25) is 5.43 Å². The molecule has 0 unspecified atom stereocenters. The molecule has 3 aromatic rings. The van der Waals surface area contributed by atoms with Gasteiger partial charge in [-0.3, -0.25) is 9.59 Å². The number of H-pyrrole nitrogens is 1. The Kier molecular flexibility index (Phi) is 4.00. The van der Waals surface area contributed by atoms with E-state index in [0.717, 1.165) is 5.56 Å². The number of methoxy groups -OCH3 is 1. The van der Waals surface area contributed by atoms with E-state index >= 15 is 0 Å². The van der Waals surface area contributed by atoms with Crippen LogP contribution in [0.4, 0.5) is 0 Å². The van der Waals surface area contributed by atoms with Gasteiger partial charge in [0.25, 0.3) is 0 Å². The summed E-state index contributed by atoms with van der Waals surface area (Å²) < 4.78 is 4.73. The Morgan fingerprint density at radius 3 is 2.42 bits per heavy atom. The molecule has 0 radical (unpaired) electrons. The predicted octanol–water partition coefficient (Wildman–Crippen LogP) is 2.85. The van der Waals surface area contributed by atoms with Gasteiger partial charge < -0.3 is 9.72 Å². The molecule has 5 heteroatoms. The molecule has 24 heavy (non-hydrogen) atoms. The molecular weight excluding hydrogens is 306 g/mol. The largest absolute Gasteiger partial charge is 0.464 e. The van der Waals surface area contributed by atoms with E-state index < -0.39 is 17.2 Å². The number of hydrogen-bond acceptors (Lipinski definition) is 4. The molecule has 0 aliphatic carbocycles. The van der Waals surface area contributed by atoms with Crippen molar-refractivity contribution in [2.45, 2.75) is 6.92 Å². The van der Waals surface area contributed by atoms with Crippen molar-refractivity contribution in [3.63, 3.8) is 0 Å². The van der Waals surface area contributed by atoms with E-state index in [9.17, 15) is 14.4 Å². The van der Waals surface area contributed by atoms with Crippen molar-refractivity contribution in [1.29, 1.82) is 0 Å². The minimum atomic E-state index is -0.756. The Labute approximate surface area is 137 Å². The average Bonchev–Trinajstić information content (AvgIpc) is 2.61. The summed E-state index contributed by atoms with van der Waals surface area (Å²) in [4.78, 5) is 40.7. The molecule has 0 aliphatic heterocycles. The number of aromatic amines is 1. The van der Waals surface area contributed by atoms with Crippen LogP contribution in [0.15, 0.2) is 53.3 Å². The average molecular weight is 321 g/mol. The van der Waals surface area contributed by atoms with E-state index in [1.807, 2.05) is 13.0 Å². The number of pyridine rings is 1. The number of carbonyl (C=O) groups is 2. The van der Waals surface area contributed by atoms with Crippen molar-refractivity contribution in [3.8, 4) is 0 Å². The Bertz CT molecular complexity index is 1000. The highest BCUT2D eigenvalue weighted by Crippen LogP contribution is 2.17. The quantitative estimate of drug-likeness (QED) is 0.594. The summed E-state index contributed by atoms with van der Waals surface area (Å²) in [6.07, 6.45) is 0. The Morgan fingerprint density at radius 2 is 1.75 bits per heavy atom. The van der Waals surface area contributed by atoms with Gasteiger partial charge >= 0.3 is 5.97 Å². The van der Waals surface area contributed by atoms with Gasteiger partial charge in [-0.25, -0.2) is 4.79 Å². The number of carbonyl (C=O) groups excluding carboxylic acids is 2. The number of hydrogen-bond donors (Lipinski definition) is 1. The highest BCUT2D eigenvalue weighted by atomic mass is 16.5. The van der Waals surface area contributed by atoms with E-state index in [1.165, 1.54) is 7.11 Å². The van der Waals surface area contributed by atoms with Crippen LogP contribution in [-0.4, -0.2) is 23.8 Å². The van der Waals surface area contributed by atoms with Crippen LogP contribution in [0, 0.1) is 6.92 Å². The molecule has 1 aromatic heterocycles. The van der Waals surface area contributed by atoms with Gasteiger partial charge in [-0.1, -0.05) is 42.0 Å². The maximum absolute atomic E-state index is 12.9. The van der Waals surface area contributed by atoms with Crippen molar-refractivity contribution in [2.75, 3.05) is 7.11 Å². The summed E-state index contributed by atoms with van der Waals surface area (Å²) in [5.74, 6) is -1.27. The van der Waals surface area contributed by atoms with Gasteiger partial charge in [0.05, 0.1) is 7.11 Å². The molecule has 0 saturated heterocycles. The number of aryl methyl sites for hydroxylation is 1. The van der Waals surface area contributed by atoms with E-state index in [1.54, 1.807) is 42.5 Å². The maximum atomic E-state index is 12.9. The Hall–Kier alpha value is -3.21. The number of ether oxygens (including phenoxy) is 1. The van der Waals surface area contributed by atoms with Gasteiger partial charge in [-0.05, 0) is 19.1 Å². The Balaban J connectivity index is 2.35. The van der Waals surface area contributed by atoms with Gasteiger partial charge in [0.1, 0.15) is 11.3 Å².